The molecule has 1 N–H and O–H groups in total. The van der Waals surface area contributed by atoms with E-state index in [0.717, 1.165) is 36.6 Å². The van der Waals surface area contributed by atoms with Crippen LogP contribution in [0.15, 0.2) is 0 Å². The van der Waals surface area contributed by atoms with E-state index in [2.05, 4.69) is 6.92 Å². The smallest absolute Gasteiger partial charge is 0.226 e. The van der Waals surface area contributed by atoms with E-state index in [1.165, 1.54) is 19.3 Å². The molecule has 1 aliphatic heterocycles. The molecule has 6 unspecified atom stereocenters. The third-order valence-corrected chi connectivity index (χ3v) is 6.25. The fourth-order valence-corrected chi connectivity index (χ4v) is 5.12. The number of fused-ring (bicyclic) bond motifs is 5. The van der Waals surface area contributed by atoms with Gasteiger partial charge in [-0.1, -0.05) is 6.92 Å². The number of hydrogen-bond donors (Lipinski definition) is 1. The van der Waals surface area contributed by atoms with E-state index in [4.69, 9.17) is 0 Å². The highest BCUT2D eigenvalue weighted by molar-refractivity contribution is 5.83. The highest BCUT2D eigenvalue weighted by atomic mass is 16.3. The molecular formula is C15H23NO2. The van der Waals surface area contributed by atoms with Gasteiger partial charge in [0.05, 0.1) is 6.10 Å². The van der Waals surface area contributed by atoms with Crippen LogP contribution >= 0.6 is 0 Å². The summed E-state index contributed by atoms with van der Waals surface area (Å²) in [5.74, 6) is 4.25. The van der Waals surface area contributed by atoms with Crippen LogP contribution in [0.25, 0.3) is 0 Å². The Hall–Kier alpha value is -0.570. The van der Waals surface area contributed by atoms with Crippen LogP contribution in [0.5, 0.6) is 0 Å². The van der Waals surface area contributed by atoms with E-state index < -0.39 is 0 Å². The van der Waals surface area contributed by atoms with E-state index in [0.29, 0.717) is 24.3 Å². The molecule has 1 amide bonds. The van der Waals surface area contributed by atoms with E-state index in [-0.39, 0.29) is 6.10 Å². The number of hydrogen-bond acceptors (Lipinski definition) is 2. The van der Waals surface area contributed by atoms with Gasteiger partial charge in [-0.15, -0.1) is 0 Å². The predicted molar refractivity (Wildman–Crippen MR) is 67.7 cm³/mol. The molecule has 3 aliphatic carbocycles. The Morgan fingerprint density at radius 3 is 2.44 bits per heavy atom. The van der Waals surface area contributed by atoms with Gasteiger partial charge in [-0.25, -0.2) is 0 Å². The number of aliphatic hydroxyl groups is 1. The zero-order chi connectivity index (χ0) is 12.4. The molecule has 6 atom stereocenters. The lowest BCUT2D eigenvalue weighted by Gasteiger charge is -2.34. The number of nitrogens with zero attached hydrogens (tertiary/aromatic N) is 1. The molecule has 1 heterocycles. The van der Waals surface area contributed by atoms with Gasteiger partial charge in [0.2, 0.25) is 5.91 Å². The van der Waals surface area contributed by atoms with Crippen LogP contribution in [0.3, 0.4) is 0 Å². The monoisotopic (exact) mass is 249 g/mol. The first kappa shape index (κ1) is 11.3. The van der Waals surface area contributed by atoms with Gasteiger partial charge in [-0.2, -0.15) is 0 Å². The number of β-amino-alcohol motifs (C(OH)–C–C–N with tert-alkyl or cyclic N) is 1. The Labute approximate surface area is 109 Å². The standard InChI is InChI=1S/C15H23NO2/c1-8-4-5-16(7-11(8)17)15(18)14-12-9-2-3-10(6-9)13(12)14/h8-14,17H,2-7H2,1H3. The van der Waals surface area contributed by atoms with Crippen LogP contribution < -0.4 is 0 Å². The summed E-state index contributed by atoms with van der Waals surface area (Å²) in [7, 11) is 0. The van der Waals surface area contributed by atoms with Gasteiger partial charge >= 0.3 is 0 Å². The molecule has 0 aromatic carbocycles. The lowest BCUT2D eigenvalue weighted by Crippen LogP contribution is -2.47. The van der Waals surface area contributed by atoms with Gasteiger partial charge in [0.1, 0.15) is 0 Å². The van der Waals surface area contributed by atoms with Gasteiger partial charge in [0.15, 0.2) is 0 Å². The normalized spacial score (nSPS) is 53.4. The van der Waals surface area contributed by atoms with Crippen molar-refractivity contribution < 1.29 is 9.90 Å². The first-order chi connectivity index (χ1) is 8.66. The summed E-state index contributed by atoms with van der Waals surface area (Å²) < 4.78 is 0. The third kappa shape index (κ3) is 1.43. The van der Waals surface area contributed by atoms with Crippen molar-refractivity contribution in [2.75, 3.05) is 13.1 Å². The van der Waals surface area contributed by atoms with Gasteiger partial charge in [-0.3, -0.25) is 4.79 Å². The quantitative estimate of drug-likeness (QED) is 0.765. The van der Waals surface area contributed by atoms with Gasteiger partial charge in [-0.05, 0) is 55.3 Å². The zero-order valence-corrected chi connectivity index (χ0v) is 11.1. The van der Waals surface area contributed by atoms with Crippen LogP contribution in [0.1, 0.15) is 32.6 Å². The maximum Gasteiger partial charge on any atom is 0.226 e. The molecule has 2 bridgehead atoms. The highest BCUT2D eigenvalue weighted by Crippen LogP contribution is 2.69. The van der Waals surface area contributed by atoms with Crippen LogP contribution in [0, 0.1) is 35.5 Å². The Morgan fingerprint density at radius 2 is 1.83 bits per heavy atom. The largest absolute Gasteiger partial charge is 0.391 e. The molecule has 0 aromatic rings. The molecule has 100 valence electrons. The topological polar surface area (TPSA) is 40.5 Å². The molecule has 3 saturated carbocycles. The summed E-state index contributed by atoms with van der Waals surface area (Å²) >= 11 is 0. The molecule has 18 heavy (non-hydrogen) atoms. The second-order valence-corrected chi connectivity index (χ2v) is 7.13. The Bertz CT molecular complexity index is 367. The van der Waals surface area contributed by atoms with E-state index in [9.17, 15) is 9.90 Å². The van der Waals surface area contributed by atoms with Crippen molar-refractivity contribution in [1.29, 1.82) is 0 Å². The molecule has 3 heteroatoms. The fraction of sp³-hybridized carbons (Fsp3) is 0.933. The maximum absolute atomic E-state index is 12.6. The van der Waals surface area contributed by atoms with E-state index >= 15 is 0 Å². The van der Waals surface area contributed by atoms with E-state index in [1.54, 1.807) is 0 Å². The minimum atomic E-state index is -0.307. The molecular weight excluding hydrogens is 226 g/mol. The number of aliphatic hydroxyl groups excluding tert-OH is 1. The second kappa shape index (κ2) is 3.72. The fourth-order valence-electron chi connectivity index (χ4n) is 5.12. The second-order valence-electron chi connectivity index (χ2n) is 7.13. The van der Waals surface area contributed by atoms with Gasteiger partial charge in [0, 0.05) is 19.0 Å². The lowest BCUT2D eigenvalue weighted by molar-refractivity contribution is -0.137. The average Bonchev–Trinajstić information content (AvgIpc) is 2.80. The molecule has 0 radical (unpaired) electrons. The van der Waals surface area contributed by atoms with Crippen LogP contribution in [-0.4, -0.2) is 35.1 Å². The molecule has 4 rings (SSSR count). The summed E-state index contributed by atoms with van der Waals surface area (Å²) in [6, 6.07) is 0. The summed E-state index contributed by atoms with van der Waals surface area (Å²) in [6.07, 6.45) is 4.79. The van der Waals surface area contributed by atoms with Gasteiger partial charge < -0.3 is 10.0 Å². The minimum absolute atomic E-state index is 0.307. The van der Waals surface area contributed by atoms with Crippen molar-refractivity contribution in [2.45, 2.75) is 38.7 Å². The van der Waals surface area contributed by atoms with Crippen LogP contribution in [-0.2, 0) is 4.79 Å². The van der Waals surface area contributed by atoms with Crippen molar-refractivity contribution in [2.24, 2.45) is 35.5 Å². The van der Waals surface area contributed by atoms with Crippen molar-refractivity contribution in [3.63, 3.8) is 0 Å². The summed E-state index contributed by atoms with van der Waals surface area (Å²) in [5, 5.41) is 9.92. The zero-order valence-electron chi connectivity index (χ0n) is 11.1. The van der Waals surface area contributed by atoms with Crippen molar-refractivity contribution in [1.82, 2.24) is 4.90 Å². The number of piperidine rings is 1. The maximum atomic E-state index is 12.6. The average molecular weight is 249 g/mol. The summed E-state index contributed by atoms with van der Waals surface area (Å²) in [5.41, 5.74) is 0. The first-order valence-electron chi connectivity index (χ1n) is 7.63. The third-order valence-electron chi connectivity index (χ3n) is 6.25. The number of rotatable bonds is 1. The Balaban J connectivity index is 1.43. The number of carbonyl (C=O) groups excluding carboxylic acids is 1. The lowest BCUT2D eigenvalue weighted by atomic mass is 9.95. The summed E-state index contributed by atoms with van der Waals surface area (Å²) in [6.45, 7) is 3.52. The Kier molecular flexibility index (Phi) is 2.33. The van der Waals surface area contributed by atoms with Gasteiger partial charge in [0.25, 0.3) is 0 Å². The molecule has 4 aliphatic rings. The molecule has 3 nitrogen and oxygen atoms in total. The number of amides is 1. The minimum Gasteiger partial charge on any atom is -0.391 e. The highest BCUT2D eigenvalue weighted by Gasteiger charge is 2.68. The Morgan fingerprint density at radius 1 is 1.17 bits per heavy atom. The molecule has 4 fully saturated rings. The first-order valence-corrected chi connectivity index (χ1v) is 7.63. The predicted octanol–water partition coefficient (Wildman–Crippen LogP) is 1.51. The van der Waals surface area contributed by atoms with Crippen molar-refractivity contribution >= 4 is 5.91 Å². The van der Waals surface area contributed by atoms with Crippen LogP contribution in [0.2, 0.25) is 0 Å². The molecule has 0 aromatic heterocycles. The van der Waals surface area contributed by atoms with Crippen LogP contribution in [0.4, 0.5) is 0 Å². The van der Waals surface area contributed by atoms with E-state index in [1.807, 2.05) is 4.90 Å². The number of carbonyl (C=O) groups is 1. The molecule has 0 spiro atoms. The number of likely N-dealkylation sites (tertiary alicyclic amines) is 1. The summed E-state index contributed by atoms with van der Waals surface area (Å²) in [4.78, 5) is 14.5. The van der Waals surface area contributed by atoms with Crippen molar-refractivity contribution in [3.05, 3.63) is 0 Å². The van der Waals surface area contributed by atoms with Crippen molar-refractivity contribution in [3.8, 4) is 0 Å². The molecule has 1 saturated heterocycles. The SMILES string of the molecule is CC1CCN(C(=O)C2C3C4CCC(C4)C23)CC1O.